The van der Waals surface area contributed by atoms with Crippen molar-refractivity contribution in [1.82, 2.24) is 14.9 Å². The van der Waals surface area contributed by atoms with E-state index >= 15 is 0 Å². The van der Waals surface area contributed by atoms with Gasteiger partial charge < -0.3 is 5.32 Å². The Balaban J connectivity index is 1.90. The lowest BCUT2D eigenvalue weighted by atomic mass is 10.1. The Morgan fingerprint density at radius 3 is 2.46 bits per heavy atom. The van der Waals surface area contributed by atoms with E-state index in [9.17, 15) is 9.59 Å². The lowest BCUT2D eigenvalue weighted by Crippen LogP contribution is -2.37. The molecule has 1 amide bonds. The van der Waals surface area contributed by atoms with E-state index in [1.165, 1.54) is 11.8 Å². The van der Waals surface area contributed by atoms with Crippen molar-refractivity contribution in [3.8, 4) is 0 Å². The van der Waals surface area contributed by atoms with Gasteiger partial charge in [0.25, 0.3) is 5.56 Å². The molecule has 0 radical (unpaired) electrons. The molecule has 1 unspecified atom stereocenters. The first-order valence-corrected chi connectivity index (χ1v) is 10.4. The Bertz CT molecular complexity index is 1020. The predicted molar refractivity (Wildman–Crippen MR) is 115 cm³/mol. The van der Waals surface area contributed by atoms with Crippen LogP contribution >= 0.6 is 11.8 Å². The van der Waals surface area contributed by atoms with Gasteiger partial charge >= 0.3 is 0 Å². The number of aromatic nitrogens is 2. The number of carbonyl (C=O) groups excluding carboxylic acids is 1. The van der Waals surface area contributed by atoms with Gasteiger partial charge in [0.05, 0.1) is 23.2 Å². The monoisotopic (exact) mass is 395 g/mol. The molecule has 28 heavy (non-hydrogen) atoms. The van der Waals surface area contributed by atoms with Crippen molar-refractivity contribution >= 4 is 28.6 Å². The fourth-order valence-electron chi connectivity index (χ4n) is 2.76. The standard InChI is InChI=1S/C22H25N3O2S/c1-15(2)16(3)23-20(26)14-28-22-24-19-12-8-7-11-18(19)21(27)25(22)13-17-9-5-4-6-10-17/h4-12,15-16H,13-14H2,1-3H3,(H,23,26). The number of rotatable bonds is 7. The van der Waals surface area contributed by atoms with E-state index < -0.39 is 0 Å². The average molecular weight is 396 g/mol. The molecule has 1 N–H and O–H groups in total. The lowest BCUT2D eigenvalue weighted by molar-refractivity contribution is -0.119. The summed E-state index contributed by atoms with van der Waals surface area (Å²) in [5.74, 6) is 0.528. The molecule has 0 spiro atoms. The predicted octanol–water partition coefficient (Wildman–Crippen LogP) is 3.70. The van der Waals surface area contributed by atoms with Gasteiger partial charge in [-0.2, -0.15) is 0 Å². The van der Waals surface area contributed by atoms with Crippen molar-refractivity contribution in [2.45, 2.75) is 38.5 Å². The maximum absolute atomic E-state index is 13.1. The summed E-state index contributed by atoms with van der Waals surface area (Å²) in [6, 6.07) is 17.2. The van der Waals surface area contributed by atoms with Gasteiger partial charge in [0.2, 0.25) is 5.91 Å². The molecule has 0 aliphatic heterocycles. The summed E-state index contributed by atoms with van der Waals surface area (Å²) in [6.45, 7) is 6.55. The normalized spacial score (nSPS) is 12.3. The van der Waals surface area contributed by atoms with Crippen molar-refractivity contribution in [2.24, 2.45) is 5.92 Å². The minimum atomic E-state index is -0.0899. The quantitative estimate of drug-likeness (QED) is 0.489. The summed E-state index contributed by atoms with van der Waals surface area (Å²) in [5, 5.41) is 4.13. The van der Waals surface area contributed by atoms with Gasteiger partial charge in [-0.1, -0.05) is 68.1 Å². The van der Waals surface area contributed by atoms with Gasteiger partial charge in [-0.15, -0.1) is 0 Å². The van der Waals surface area contributed by atoms with Crippen molar-refractivity contribution in [3.63, 3.8) is 0 Å². The first-order valence-electron chi connectivity index (χ1n) is 9.41. The molecule has 5 nitrogen and oxygen atoms in total. The Morgan fingerprint density at radius 1 is 1.07 bits per heavy atom. The third-order valence-corrected chi connectivity index (χ3v) is 5.71. The summed E-state index contributed by atoms with van der Waals surface area (Å²) in [6.07, 6.45) is 0. The maximum Gasteiger partial charge on any atom is 0.262 e. The van der Waals surface area contributed by atoms with Crippen LogP contribution in [-0.2, 0) is 11.3 Å². The topological polar surface area (TPSA) is 64.0 Å². The van der Waals surface area contributed by atoms with Crippen LogP contribution in [0.4, 0.5) is 0 Å². The number of hydrogen-bond acceptors (Lipinski definition) is 4. The molecule has 1 aromatic heterocycles. The van der Waals surface area contributed by atoms with Crippen LogP contribution in [-0.4, -0.2) is 27.3 Å². The number of fused-ring (bicyclic) bond motifs is 1. The molecule has 0 aliphatic rings. The van der Waals surface area contributed by atoms with Gasteiger partial charge in [-0.25, -0.2) is 4.98 Å². The molecule has 0 saturated carbocycles. The summed E-state index contributed by atoms with van der Waals surface area (Å²) in [4.78, 5) is 30.0. The highest BCUT2D eigenvalue weighted by atomic mass is 32.2. The number of thioether (sulfide) groups is 1. The zero-order chi connectivity index (χ0) is 20.1. The number of nitrogens with zero attached hydrogens (tertiary/aromatic N) is 2. The molecule has 0 fully saturated rings. The highest BCUT2D eigenvalue weighted by molar-refractivity contribution is 7.99. The number of hydrogen-bond donors (Lipinski definition) is 1. The largest absolute Gasteiger partial charge is 0.353 e. The van der Waals surface area contributed by atoms with E-state index in [4.69, 9.17) is 0 Å². The van der Waals surface area contributed by atoms with Gasteiger partial charge in [0.15, 0.2) is 5.16 Å². The van der Waals surface area contributed by atoms with Crippen molar-refractivity contribution < 1.29 is 4.79 Å². The number of para-hydroxylation sites is 1. The molecule has 146 valence electrons. The highest BCUT2D eigenvalue weighted by Crippen LogP contribution is 2.19. The fourth-order valence-corrected chi connectivity index (χ4v) is 3.57. The second-order valence-electron chi connectivity index (χ2n) is 7.18. The Morgan fingerprint density at radius 2 is 1.75 bits per heavy atom. The summed E-state index contributed by atoms with van der Waals surface area (Å²) in [7, 11) is 0. The third-order valence-electron chi connectivity index (χ3n) is 4.73. The number of amides is 1. The van der Waals surface area contributed by atoms with Crippen LogP contribution in [0.2, 0.25) is 0 Å². The van der Waals surface area contributed by atoms with E-state index in [2.05, 4.69) is 24.1 Å². The van der Waals surface area contributed by atoms with Gasteiger partial charge in [0, 0.05) is 6.04 Å². The van der Waals surface area contributed by atoms with Crippen LogP contribution in [0.25, 0.3) is 10.9 Å². The van der Waals surface area contributed by atoms with Crippen LogP contribution in [0.5, 0.6) is 0 Å². The van der Waals surface area contributed by atoms with Crippen LogP contribution in [0, 0.1) is 5.92 Å². The molecule has 0 bridgehead atoms. The second kappa shape index (κ2) is 9.06. The van der Waals surface area contributed by atoms with Gasteiger partial charge in [-0.05, 0) is 30.5 Å². The molecule has 3 rings (SSSR count). The number of carbonyl (C=O) groups is 1. The minimum Gasteiger partial charge on any atom is -0.353 e. The Labute approximate surface area is 169 Å². The Hall–Kier alpha value is -2.60. The van der Waals surface area contributed by atoms with Crippen LogP contribution in [0.15, 0.2) is 64.5 Å². The van der Waals surface area contributed by atoms with Crippen molar-refractivity contribution in [1.29, 1.82) is 0 Å². The molecule has 6 heteroatoms. The zero-order valence-corrected chi connectivity index (χ0v) is 17.2. The number of benzene rings is 2. The summed E-state index contributed by atoms with van der Waals surface area (Å²) < 4.78 is 1.65. The summed E-state index contributed by atoms with van der Waals surface area (Å²) in [5.41, 5.74) is 1.57. The molecular formula is C22H25N3O2S. The van der Waals surface area contributed by atoms with Crippen LogP contribution in [0.3, 0.4) is 0 Å². The van der Waals surface area contributed by atoms with E-state index in [-0.39, 0.29) is 23.3 Å². The van der Waals surface area contributed by atoms with Gasteiger partial charge in [0.1, 0.15) is 0 Å². The third kappa shape index (κ3) is 4.81. The lowest BCUT2D eigenvalue weighted by Gasteiger charge is -2.17. The zero-order valence-electron chi connectivity index (χ0n) is 16.4. The van der Waals surface area contributed by atoms with Crippen LogP contribution in [0.1, 0.15) is 26.3 Å². The van der Waals surface area contributed by atoms with Crippen molar-refractivity contribution in [3.05, 3.63) is 70.5 Å². The molecule has 0 aliphatic carbocycles. The SMILES string of the molecule is CC(C)C(C)NC(=O)CSc1nc2ccccc2c(=O)n1Cc1ccccc1. The average Bonchev–Trinajstić information content (AvgIpc) is 2.69. The van der Waals surface area contributed by atoms with Gasteiger partial charge in [-0.3, -0.25) is 14.2 Å². The van der Waals surface area contributed by atoms with Crippen molar-refractivity contribution in [2.75, 3.05) is 5.75 Å². The highest BCUT2D eigenvalue weighted by Gasteiger charge is 2.15. The molecule has 2 aromatic carbocycles. The maximum atomic E-state index is 13.1. The second-order valence-corrected chi connectivity index (χ2v) is 8.12. The smallest absolute Gasteiger partial charge is 0.262 e. The number of nitrogens with one attached hydrogen (secondary N) is 1. The summed E-state index contributed by atoms with van der Waals surface area (Å²) >= 11 is 1.30. The molecule has 1 atom stereocenters. The Kier molecular flexibility index (Phi) is 6.52. The van der Waals surface area contributed by atoms with E-state index in [0.717, 1.165) is 5.56 Å². The van der Waals surface area contributed by atoms with E-state index in [0.29, 0.717) is 28.5 Å². The first kappa shape index (κ1) is 20.1. The molecular weight excluding hydrogens is 370 g/mol. The van der Waals surface area contributed by atoms with E-state index in [1.54, 1.807) is 10.6 Å². The van der Waals surface area contributed by atoms with Crippen LogP contribution < -0.4 is 10.9 Å². The first-order chi connectivity index (χ1) is 13.5. The molecule has 3 aromatic rings. The molecule has 1 heterocycles. The van der Waals surface area contributed by atoms with E-state index in [1.807, 2.05) is 55.5 Å². The fraction of sp³-hybridized carbons (Fsp3) is 0.318. The minimum absolute atomic E-state index is 0.0557. The molecule has 0 saturated heterocycles.